The van der Waals surface area contributed by atoms with Gasteiger partial charge in [-0.25, -0.2) is 8.42 Å². The predicted octanol–water partition coefficient (Wildman–Crippen LogP) is 3.16. The number of hydrogen-bond acceptors (Lipinski definition) is 4. The fourth-order valence-corrected chi connectivity index (χ4v) is 3.76. The van der Waals surface area contributed by atoms with E-state index in [1.54, 1.807) is 11.4 Å². The number of benzene rings is 1. The fraction of sp³-hybridized carbons (Fsp3) is 0.0833. The van der Waals surface area contributed by atoms with Crippen molar-refractivity contribution >= 4 is 50.2 Å². The molecule has 0 spiro atoms. The molecule has 2 N–H and O–H groups in total. The predicted molar refractivity (Wildman–Crippen MR) is 80.9 cm³/mol. The standard InChI is InChI=1S/C12H11ClN2O3S2/c1-8(16)14-11-5-4-9(7-10(11)13)15-20(17,18)12-3-2-6-19-12/h2-7,15H,1H3,(H,14,16). The van der Waals surface area contributed by atoms with Gasteiger partial charge in [0.15, 0.2) is 0 Å². The molecule has 2 rings (SSSR count). The quantitative estimate of drug-likeness (QED) is 0.904. The van der Waals surface area contributed by atoms with Crippen LogP contribution >= 0.6 is 22.9 Å². The summed E-state index contributed by atoms with van der Waals surface area (Å²) in [6, 6.07) is 7.68. The van der Waals surface area contributed by atoms with E-state index in [0.29, 0.717) is 11.4 Å². The molecule has 0 saturated carbocycles. The third-order valence-electron chi connectivity index (χ3n) is 2.29. The molecule has 20 heavy (non-hydrogen) atoms. The first-order valence-corrected chi connectivity index (χ1v) is 8.26. The average molecular weight is 331 g/mol. The van der Waals surface area contributed by atoms with Crippen LogP contribution in [0, 0.1) is 0 Å². The van der Waals surface area contributed by atoms with Crippen LogP contribution in [0.1, 0.15) is 6.92 Å². The summed E-state index contributed by atoms with van der Waals surface area (Å²) in [5.41, 5.74) is 0.760. The van der Waals surface area contributed by atoms with Gasteiger partial charge < -0.3 is 5.32 Å². The second-order valence-electron chi connectivity index (χ2n) is 3.91. The number of carbonyl (C=O) groups is 1. The van der Waals surface area contributed by atoms with Crippen molar-refractivity contribution in [1.82, 2.24) is 0 Å². The molecule has 106 valence electrons. The SMILES string of the molecule is CC(=O)Nc1ccc(NS(=O)(=O)c2cccs2)cc1Cl. The summed E-state index contributed by atoms with van der Waals surface area (Å²) >= 11 is 7.10. The highest BCUT2D eigenvalue weighted by molar-refractivity contribution is 7.94. The van der Waals surface area contributed by atoms with Gasteiger partial charge in [0.2, 0.25) is 5.91 Å². The molecule has 0 aliphatic heterocycles. The van der Waals surface area contributed by atoms with Crippen molar-refractivity contribution in [2.45, 2.75) is 11.1 Å². The number of hydrogen-bond donors (Lipinski definition) is 2. The van der Waals surface area contributed by atoms with Gasteiger partial charge in [-0.1, -0.05) is 17.7 Å². The van der Waals surface area contributed by atoms with E-state index in [-0.39, 0.29) is 15.1 Å². The Morgan fingerprint density at radius 2 is 2.05 bits per heavy atom. The summed E-state index contributed by atoms with van der Waals surface area (Å²) in [4.78, 5) is 11.0. The number of amides is 1. The summed E-state index contributed by atoms with van der Waals surface area (Å²) in [6.07, 6.45) is 0. The van der Waals surface area contributed by atoms with Crippen LogP contribution in [0.2, 0.25) is 5.02 Å². The number of rotatable bonds is 4. The minimum absolute atomic E-state index is 0.222. The third kappa shape index (κ3) is 3.50. The van der Waals surface area contributed by atoms with Gasteiger partial charge in [0.05, 0.1) is 16.4 Å². The fourth-order valence-electron chi connectivity index (χ4n) is 1.49. The summed E-state index contributed by atoms with van der Waals surface area (Å²) < 4.78 is 26.7. The molecule has 0 atom stereocenters. The molecule has 1 heterocycles. The van der Waals surface area contributed by atoms with E-state index in [1.807, 2.05) is 0 Å². The lowest BCUT2D eigenvalue weighted by Gasteiger charge is -2.09. The molecule has 1 aromatic carbocycles. The van der Waals surface area contributed by atoms with Crippen molar-refractivity contribution < 1.29 is 13.2 Å². The highest BCUT2D eigenvalue weighted by Gasteiger charge is 2.15. The van der Waals surface area contributed by atoms with Crippen molar-refractivity contribution in [1.29, 1.82) is 0 Å². The van der Waals surface area contributed by atoms with Crippen molar-refractivity contribution in [3.8, 4) is 0 Å². The van der Waals surface area contributed by atoms with E-state index in [4.69, 9.17) is 11.6 Å². The van der Waals surface area contributed by atoms with Gasteiger partial charge in [-0.05, 0) is 29.6 Å². The van der Waals surface area contributed by atoms with Gasteiger partial charge in [0.1, 0.15) is 4.21 Å². The second kappa shape index (κ2) is 5.82. The molecule has 0 bridgehead atoms. The summed E-state index contributed by atoms with van der Waals surface area (Å²) in [7, 11) is -3.60. The van der Waals surface area contributed by atoms with Gasteiger partial charge in [0.25, 0.3) is 10.0 Å². The van der Waals surface area contributed by atoms with Crippen LogP contribution in [0.3, 0.4) is 0 Å². The molecule has 5 nitrogen and oxygen atoms in total. The molecule has 0 fully saturated rings. The molecule has 0 saturated heterocycles. The maximum atomic E-state index is 12.0. The first kappa shape index (κ1) is 14.8. The zero-order valence-corrected chi connectivity index (χ0v) is 12.8. The highest BCUT2D eigenvalue weighted by Crippen LogP contribution is 2.27. The molecule has 0 radical (unpaired) electrons. The Morgan fingerprint density at radius 1 is 1.30 bits per heavy atom. The van der Waals surface area contributed by atoms with Gasteiger partial charge in [0, 0.05) is 6.92 Å². The van der Waals surface area contributed by atoms with E-state index < -0.39 is 10.0 Å². The van der Waals surface area contributed by atoms with E-state index in [2.05, 4.69) is 10.0 Å². The summed E-state index contributed by atoms with van der Waals surface area (Å²) in [6.45, 7) is 1.36. The largest absolute Gasteiger partial charge is 0.325 e. The van der Waals surface area contributed by atoms with Crippen LogP contribution in [0.4, 0.5) is 11.4 Å². The highest BCUT2D eigenvalue weighted by atomic mass is 35.5. The van der Waals surface area contributed by atoms with Crippen molar-refractivity contribution in [2.24, 2.45) is 0 Å². The zero-order valence-electron chi connectivity index (χ0n) is 10.4. The van der Waals surface area contributed by atoms with Gasteiger partial charge >= 0.3 is 0 Å². The van der Waals surface area contributed by atoms with Crippen molar-refractivity contribution in [2.75, 3.05) is 10.0 Å². The number of nitrogens with one attached hydrogen (secondary N) is 2. The van der Waals surface area contributed by atoms with Crippen LogP contribution in [0.5, 0.6) is 0 Å². The van der Waals surface area contributed by atoms with Crippen LogP contribution < -0.4 is 10.0 Å². The first-order valence-electron chi connectivity index (χ1n) is 5.52. The van der Waals surface area contributed by atoms with Crippen LogP contribution in [-0.2, 0) is 14.8 Å². The molecule has 1 amide bonds. The third-order valence-corrected chi connectivity index (χ3v) is 5.38. The molecule has 0 aliphatic carbocycles. The van der Waals surface area contributed by atoms with E-state index in [1.165, 1.54) is 31.2 Å². The maximum Gasteiger partial charge on any atom is 0.271 e. The lowest BCUT2D eigenvalue weighted by atomic mass is 10.3. The second-order valence-corrected chi connectivity index (χ2v) is 7.18. The lowest BCUT2D eigenvalue weighted by molar-refractivity contribution is -0.114. The summed E-state index contributed by atoms with van der Waals surface area (Å²) in [5.74, 6) is -0.251. The van der Waals surface area contributed by atoms with E-state index in [0.717, 1.165) is 11.3 Å². The Kier molecular flexibility index (Phi) is 4.32. The maximum absolute atomic E-state index is 12.0. The Labute approximate surface area is 125 Å². The van der Waals surface area contributed by atoms with Gasteiger partial charge in [-0.15, -0.1) is 11.3 Å². The van der Waals surface area contributed by atoms with Gasteiger partial charge in [-0.2, -0.15) is 0 Å². The Bertz CT molecular complexity index is 727. The minimum Gasteiger partial charge on any atom is -0.325 e. The number of halogens is 1. The molecule has 0 unspecified atom stereocenters. The lowest BCUT2D eigenvalue weighted by Crippen LogP contribution is -2.12. The summed E-state index contributed by atoms with van der Waals surface area (Å²) in [5, 5.41) is 4.48. The average Bonchev–Trinajstić information content (AvgIpc) is 2.86. The zero-order chi connectivity index (χ0) is 14.8. The smallest absolute Gasteiger partial charge is 0.271 e. The number of anilines is 2. The minimum atomic E-state index is -3.60. The number of carbonyl (C=O) groups excluding carboxylic acids is 1. The van der Waals surface area contributed by atoms with Crippen LogP contribution in [0.25, 0.3) is 0 Å². The number of sulfonamides is 1. The Hall–Kier alpha value is -1.57. The molecule has 1 aromatic heterocycles. The van der Waals surface area contributed by atoms with Crippen molar-refractivity contribution in [3.63, 3.8) is 0 Å². The monoisotopic (exact) mass is 330 g/mol. The Morgan fingerprint density at radius 3 is 2.60 bits per heavy atom. The number of thiophene rings is 1. The van der Waals surface area contributed by atoms with E-state index in [9.17, 15) is 13.2 Å². The molecule has 2 aromatic rings. The van der Waals surface area contributed by atoms with E-state index >= 15 is 0 Å². The molecule has 0 aliphatic rings. The first-order chi connectivity index (χ1) is 9.38. The topological polar surface area (TPSA) is 75.3 Å². The Balaban J connectivity index is 2.23. The van der Waals surface area contributed by atoms with Crippen molar-refractivity contribution in [3.05, 3.63) is 40.7 Å². The molecular formula is C12H11ClN2O3S2. The van der Waals surface area contributed by atoms with Gasteiger partial charge in [-0.3, -0.25) is 9.52 Å². The molecule has 8 heteroatoms. The molecular weight excluding hydrogens is 320 g/mol. The normalized spacial score (nSPS) is 11.1. The van der Waals surface area contributed by atoms with Crippen LogP contribution in [-0.4, -0.2) is 14.3 Å². The van der Waals surface area contributed by atoms with Crippen LogP contribution in [0.15, 0.2) is 39.9 Å².